The number of methoxy groups -OCH3 is 1. The lowest BCUT2D eigenvalue weighted by atomic mass is 10.1. The van der Waals surface area contributed by atoms with Crippen LogP contribution in [0.4, 0.5) is 5.69 Å². The average Bonchev–Trinajstić information content (AvgIpc) is 2.90. The maximum atomic E-state index is 12.2. The summed E-state index contributed by atoms with van der Waals surface area (Å²) < 4.78 is 6.94. The summed E-state index contributed by atoms with van der Waals surface area (Å²) in [7, 11) is 1.57. The summed E-state index contributed by atoms with van der Waals surface area (Å²) in [5.74, 6) is 0.160. The Kier molecular flexibility index (Phi) is 4.52. The Bertz CT molecular complexity index is 956. The number of azo groups is 1. The van der Waals surface area contributed by atoms with Crippen molar-refractivity contribution in [3.63, 3.8) is 0 Å². The van der Waals surface area contributed by atoms with Gasteiger partial charge in [0.2, 0.25) is 5.88 Å². The third-order valence-electron chi connectivity index (χ3n) is 4.07. The Morgan fingerprint density at radius 3 is 2.56 bits per heavy atom. The molecule has 0 aliphatic carbocycles. The first-order valence-corrected chi connectivity index (χ1v) is 7.97. The number of carbonyl (C=O) groups excluding carboxylic acids is 1. The maximum Gasteiger partial charge on any atom is 0.295 e. The topological polar surface area (TPSA) is 76.2 Å². The molecule has 0 aliphatic rings. The molecule has 3 rings (SSSR count). The van der Waals surface area contributed by atoms with Crippen molar-refractivity contribution >= 4 is 22.5 Å². The molecule has 1 aromatic heterocycles. The van der Waals surface area contributed by atoms with Crippen LogP contribution in [0.2, 0.25) is 0 Å². The van der Waals surface area contributed by atoms with Crippen LogP contribution in [-0.2, 0) is 6.54 Å². The predicted molar refractivity (Wildman–Crippen MR) is 95.9 cm³/mol. The van der Waals surface area contributed by atoms with Crippen molar-refractivity contribution < 1.29 is 14.6 Å². The SMILES string of the molecule is CCn1c(O)c(N=NC(=O)c2ccc(C)cc2)c2cc(OC)ccc21. The second kappa shape index (κ2) is 6.76. The standard InChI is InChI=1S/C19H19N3O3/c1-4-22-16-10-9-14(25-3)11-15(16)17(19(22)24)20-21-18(23)13-7-5-12(2)6-8-13/h5-11,24H,4H2,1-3H3. The van der Waals surface area contributed by atoms with E-state index in [1.165, 1.54) is 0 Å². The van der Waals surface area contributed by atoms with E-state index in [4.69, 9.17) is 4.74 Å². The smallest absolute Gasteiger partial charge is 0.295 e. The second-order valence-electron chi connectivity index (χ2n) is 5.67. The zero-order valence-electron chi connectivity index (χ0n) is 14.4. The maximum absolute atomic E-state index is 12.2. The summed E-state index contributed by atoms with van der Waals surface area (Å²) in [6.45, 7) is 4.43. The highest BCUT2D eigenvalue weighted by atomic mass is 16.5. The number of aryl methyl sites for hydroxylation is 2. The number of nitrogens with zero attached hydrogens (tertiary/aromatic N) is 3. The highest BCUT2D eigenvalue weighted by molar-refractivity contribution is 5.98. The molecule has 0 spiro atoms. The van der Waals surface area contributed by atoms with E-state index in [9.17, 15) is 9.90 Å². The van der Waals surface area contributed by atoms with E-state index >= 15 is 0 Å². The van der Waals surface area contributed by atoms with Crippen molar-refractivity contribution in [1.82, 2.24) is 4.57 Å². The Hall–Kier alpha value is -3.15. The summed E-state index contributed by atoms with van der Waals surface area (Å²) in [4.78, 5) is 12.2. The van der Waals surface area contributed by atoms with E-state index in [1.54, 1.807) is 29.9 Å². The number of fused-ring (bicyclic) bond motifs is 1. The molecule has 3 aromatic rings. The molecule has 1 heterocycles. The van der Waals surface area contributed by atoms with Gasteiger partial charge in [-0.05, 0) is 44.2 Å². The first-order valence-electron chi connectivity index (χ1n) is 7.97. The molecular weight excluding hydrogens is 318 g/mol. The first-order chi connectivity index (χ1) is 12.0. The van der Waals surface area contributed by atoms with Gasteiger partial charge in [-0.15, -0.1) is 10.2 Å². The summed E-state index contributed by atoms with van der Waals surface area (Å²) in [6, 6.07) is 12.5. The molecule has 0 unspecified atom stereocenters. The Morgan fingerprint density at radius 1 is 1.20 bits per heavy atom. The third kappa shape index (κ3) is 3.10. The fraction of sp³-hybridized carbons (Fsp3) is 0.211. The second-order valence-corrected chi connectivity index (χ2v) is 5.67. The summed E-state index contributed by atoms with van der Waals surface area (Å²) in [5.41, 5.74) is 2.57. The van der Waals surface area contributed by atoms with E-state index in [1.807, 2.05) is 38.1 Å². The van der Waals surface area contributed by atoms with Gasteiger partial charge in [0.1, 0.15) is 5.75 Å². The van der Waals surface area contributed by atoms with Crippen LogP contribution in [0.25, 0.3) is 10.9 Å². The lowest BCUT2D eigenvalue weighted by molar-refractivity contribution is 0.0995. The number of ether oxygens (including phenoxy) is 1. The van der Waals surface area contributed by atoms with Gasteiger partial charge in [0.15, 0.2) is 5.69 Å². The highest BCUT2D eigenvalue weighted by Gasteiger charge is 2.17. The third-order valence-corrected chi connectivity index (χ3v) is 4.07. The molecule has 1 N–H and O–H groups in total. The number of aromatic hydroxyl groups is 1. The number of aromatic nitrogens is 1. The minimum atomic E-state index is -0.459. The van der Waals surface area contributed by atoms with E-state index in [0.29, 0.717) is 23.2 Å². The van der Waals surface area contributed by atoms with Crippen molar-refractivity contribution in [2.45, 2.75) is 20.4 Å². The fourth-order valence-corrected chi connectivity index (χ4v) is 2.70. The largest absolute Gasteiger partial charge is 0.497 e. The Morgan fingerprint density at radius 2 is 1.92 bits per heavy atom. The first kappa shape index (κ1) is 16.7. The molecular formula is C19H19N3O3. The average molecular weight is 337 g/mol. The van der Waals surface area contributed by atoms with Gasteiger partial charge < -0.3 is 14.4 Å². The number of carbonyl (C=O) groups is 1. The van der Waals surface area contributed by atoms with Crippen LogP contribution in [0.15, 0.2) is 52.7 Å². The number of hydrogen-bond donors (Lipinski definition) is 1. The zero-order chi connectivity index (χ0) is 18.0. The van der Waals surface area contributed by atoms with Gasteiger partial charge in [0.05, 0.1) is 12.6 Å². The van der Waals surface area contributed by atoms with Crippen LogP contribution in [0.5, 0.6) is 11.6 Å². The Labute approximate surface area is 145 Å². The number of benzene rings is 2. The van der Waals surface area contributed by atoms with Gasteiger partial charge in [-0.2, -0.15) is 0 Å². The lowest BCUT2D eigenvalue weighted by Gasteiger charge is -2.02. The minimum Gasteiger partial charge on any atom is -0.497 e. The monoisotopic (exact) mass is 337 g/mol. The van der Waals surface area contributed by atoms with Gasteiger partial charge in [0.25, 0.3) is 5.91 Å². The number of hydrogen-bond acceptors (Lipinski definition) is 4. The molecule has 0 aliphatic heterocycles. The minimum absolute atomic E-state index is 0.0220. The van der Waals surface area contributed by atoms with E-state index in [0.717, 1.165) is 11.1 Å². The molecule has 6 nitrogen and oxygen atoms in total. The van der Waals surface area contributed by atoms with Gasteiger partial charge >= 0.3 is 0 Å². The van der Waals surface area contributed by atoms with Crippen LogP contribution < -0.4 is 4.74 Å². The summed E-state index contributed by atoms with van der Waals surface area (Å²) in [6.07, 6.45) is 0. The van der Waals surface area contributed by atoms with Crippen LogP contribution in [0.3, 0.4) is 0 Å². The fourth-order valence-electron chi connectivity index (χ4n) is 2.70. The van der Waals surface area contributed by atoms with Crippen molar-refractivity contribution in [2.75, 3.05) is 7.11 Å². The molecule has 1 amide bonds. The van der Waals surface area contributed by atoms with Gasteiger partial charge in [-0.3, -0.25) is 4.79 Å². The quantitative estimate of drug-likeness (QED) is 0.706. The number of amides is 1. The zero-order valence-corrected chi connectivity index (χ0v) is 14.4. The summed E-state index contributed by atoms with van der Waals surface area (Å²) >= 11 is 0. The molecule has 0 atom stereocenters. The summed E-state index contributed by atoms with van der Waals surface area (Å²) in [5, 5.41) is 18.9. The van der Waals surface area contributed by atoms with Crippen LogP contribution in [-0.4, -0.2) is 22.7 Å². The van der Waals surface area contributed by atoms with Crippen LogP contribution in [0.1, 0.15) is 22.8 Å². The molecule has 128 valence electrons. The molecule has 0 saturated carbocycles. The van der Waals surface area contributed by atoms with E-state index < -0.39 is 5.91 Å². The van der Waals surface area contributed by atoms with Crippen molar-refractivity contribution in [2.24, 2.45) is 10.2 Å². The van der Waals surface area contributed by atoms with Gasteiger partial charge in [-0.25, -0.2) is 0 Å². The van der Waals surface area contributed by atoms with Crippen molar-refractivity contribution in [3.8, 4) is 11.6 Å². The molecule has 0 bridgehead atoms. The molecule has 0 radical (unpaired) electrons. The molecule has 2 aromatic carbocycles. The van der Waals surface area contributed by atoms with Gasteiger partial charge in [-0.1, -0.05) is 17.7 Å². The predicted octanol–water partition coefficient (Wildman–Crippen LogP) is 4.61. The van der Waals surface area contributed by atoms with Crippen molar-refractivity contribution in [3.05, 3.63) is 53.6 Å². The van der Waals surface area contributed by atoms with E-state index in [2.05, 4.69) is 10.2 Å². The number of rotatable bonds is 4. The Balaban J connectivity index is 2.03. The van der Waals surface area contributed by atoms with E-state index in [-0.39, 0.29) is 11.6 Å². The normalized spacial score (nSPS) is 11.3. The lowest BCUT2D eigenvalue weighted by Crippen LogP contribution is -1.93. The molecule has 0 saturated heterocycles. The van der Waals surface area contributed by atoms with Crippen LogP contribution in [0, 0.1) is 6.92 Å². The van der Waals surface area contributed by atoms with Crippen LogP contribution >= 0.6 is 0 Å². The highest BCUT2D eigenvalue weighted by Crippen LogP contribution is 2.40. The van der Waals surface area contributed by atoms with Crippen molar-refractivity contribution in [1.29, 1.82) is 0 Å². The molecule has 0 fully saturated rings. The van der Waals surface area contributed by atoms with Gasteiger partial charge in [0, 0.05) is 17.5 Å². The molecule has 6 heteroatoms. The molecule has 25 heavy (non-hydrogen) atoms.